The molecular weight excluding hydrogens is 312 g/mol. The molecule has 1 saturated heterocycles. The highest BCUT2D eigenvalue weighted by Gasteiger charge is 2.24. The lowest BCUT2D eigenvalue weighted by Gasteiger charge is -2.33. The normalized spacial score (nSPS) is 15.2. The number of piperazine rings is 1. The van der Waals surface area contributed by atoms with Gasteiger partial charge in [0.2, 0.25) is 5.91 Å². The minimum absolute atomic E-state index is 0.119. The third kappa shape index (κ3) is 3.48. The van der Waals surface area contributed by atoms with Crippen LogP contribution in [0, 0.1) is 6.92 Å². The van der Waals surface area contributed by atoms with Crippen LogP contribution in [0.3, 0.4) is 0 Å². The molecule has 1 aliphatic rings. The molecule has 0 aliphatic carbocycles. The van der Waals surface area contributed by atoms with Crippen molar-refractivity contribution < 1.29 is 14.0 Å². The summed E-state index contributed by atoms with van der Waals surface area (Å²) < 4.78 is 5.38. The van der Waals surface area contributed by atoms with Gasteiger partial charge in [0, 0.05) is 38.5 Å². The van der Waals surface area contributed by atoms with Crippen molar-refractivity contribution in [2.45, 2.75) is 6.92 Å². The molecule has 0 unspecified atom stereocenters. The molecule has 1 aliphatic heterocycles. The zero-order valence-electron chi connectivity index (χ0n) is 13.2. The minimum atomic E-state index is -0.412. The minimum Gasteiger partial charge on any atom is -0.462 e. The second-order valence-corrected chi connectivity index (χ2v) is 5.56. The van der Waals surface area contributed by atoms with Crippen molar-refractivity contribution in [1.29, 1.82) is 0 Å². The number of rotatable bonds is 3. The first kappa shape index (κ1) is 15.9. The lowest BCUT2D eigenvalue weighted by molar-refractivity contribution is -0.127. The first-order valence-electron chi connectivity index (χ1n) is 7.63. The lowest BCUT2D eigenvalue weighted by atomic mass is 10.2. The molecule has 8 heteroatoms. The maximum atomic E-state index is 12.2. The van der Waals surface area contributed by atoms with Gasteiger partial charge >= 0.3 is 5.69 Å². The molecule has 126 valence electrons. The number of furan rings is 1. The highest BCUT2D eigenvalue weighted by atomic mass is 16.3. The topological polar surface area (TPSA) is 102 Å². The Morgan fingerprint density at radius 3 is 2.46 bits per heavy atom. The summed E-state index contributed by atoms with van der Waals surface area (Å²) in [4.78, 5) is 43.6. The molecule has 1 fully saturated rings. The molecule has 24 heavy (non-hydrogen) atoms. The van der Waals surface area contributed by atoms with E-state index >= 15 is 0 Å². The van der Waals surface area contributed by atoms with E-state index in [1.807, 2.05) is 13.0 Å². The number of nitrogens with one attached hydrogen (secondary N) is 2. The maximum absolute atomic E-state index is 12.2. The van der Waals surface area contributed by atoms with Gasteiger partial charge in [-0.2, -0.15) is 0 Å². The van der Waals surface area contributed by atoms with Gasteiger partial charge in [0.15, 0.2) is 0 Å². The van der Waals surface area contributed by atoms with Gasteiger partial charge in [-0.1, -0.05) is 0 Å². The highest BCUT2D eigenvalue weighted by Crippen LogP contribution is 2.10. The maximum Gasteiger partial charge on any atom is 0.323 e. The van der Waals surface area contributed by atoms with Crippen LogP contribution < -0.4 is 5.69 Å². The molecule has 2 aromatic rings. The smallest absolute Gasteiger partial charge is 0.323 e. The van der Waals surface area contributed by atoms with Crippen LogP contribution in [0.4, 0.5) is 0 Å². The van der Waals surface area contributed by atoms with Gasteiger partial charge in [-0.3, -0.25) is 9.59 Å². The number of carbonyl (C=O) groups excluding carboxylic acids is 2. The van der Waals surface area contributed by atoms with Crippen molar-refractivity contribution in [2.75, 3.05) is 26.2 Å². The fourth-order valence-electron chi connectivity index (χ4n) is 2.55. The highest BCUT2D eigenvalue weighted by molar-refractivity contribution is 5.93. The van der Waals surface area contributed by atoms with Crippen LogP contribution in [0.1, 0.15) is 22.0 Å². The van der Waals surface area contributed by atoms with E-state index in [2.05, 4.69) is 9.97 Å². The molecule has 0 aromatic carbocycles. The number of aryl methyl sites for hydroxylation is 1. The molecule has 0 spiro atoms. The largest absolute Gasteiger partial charge is 0.462 e. The Kier molecular flexibility index (Phi) is 4.37. The SMILES string of the molecule is Cc1ccc(C=CC(=O)N2CCN(C(=O)c3c[nH]c(=O)[nH]3)CC2)o1. The molecule has 0 radical (unpaired) electrons. The van der Waals surface area contributed by atoms with Gasteiger partial charge in [0.25, 0.3) is 5.91 Å². The number of carbonyl (C=O) groups is 2. The van der Waals surface area contributed by atoms with Crippen LogP contribution in [0.5, 0.6) is 0 Å². The van der Waals surface area contributed by atoms with E-state index in [1.54, 1.807) is 21.9 Å². The first-order valence-corrected chi connectivity index (χ1v) is 7.63. The summed E-state index contributed by atoms with van der Waals surface area (Å²) in [5.41, 5.74) is -0.182. The summed E-state index contributed by atoms with van der Waals surface area (Å²) >= 11 is 0. The van der Waals surface area contributed by atoms with Crippen molar-refractivity contribution in [2.24, 2.45) is 0 Å². The Bertz CT molecular complexity index is 821. The number of aromatic nitrogens is 2. The van der Waals surface area contributed by atoms with E-state index in [9.17, 15) is 14.4 Å². The number of imidazole rings is 1. The lowest BCUT2D eigenvalue weighted by Crippen LogP contribution is -2.50. The van der Waals surface area contributed by atoms with E-state index in [1.165, 1.54) is 12.3 Å². The first-order chi connectivity index (χ1) is 11.5. The van der Waals surface area contributed by atoms with Gasteiger partial charge in [-0.15, -0.1) is 0 Å². The van der Waals surface area contributed by atoms with Gasteiger partial charge in [0.05, 0.1) is 0 Å². The number of hydrogen-bond donors (Lipinski definition) is 2. The number of H-pyrrole nitrogens is 2. The molecule has 2 N–H and O–H groups in total. The van der Waals surface area contributed by atoms with Gasteiger partial charge < -0.3 is 24.2 Å². The van der Waals surface area contributed by atoms with Crippen molar-refractivity contribution in [3.8, 4) is 0 Å². The summed E-state index contributed by atoms with van der Waals surface area (Å²) in [5.74, 6) is 1.05. The van der Waals surface area contributed by atoms with E-state index in [0.717, 1.165) is 5.76 Å². The average molecular weight is 330 g/mol. The quantitative estimate of drug-likeness (QED) is 0.805. The van der Waals surface area contributed by atoms with Crippen molar-refractivity contribution in [3.63, 3.8) is 0 Å². The Labute approximate surface area is 137 Å². The van der Waals surface area contributed by atoms with Gasteiger partial charge in [0.1, 0.15) is 17.2 Å². The monoisotopic (exact) mass is 330 g/mol. The zero-order chi connectivity index (χ0) is 17.1. The molecular formula is C16H18N4O4. The Morgan fingerprint density at radius 1 is 1.17 bits per heavy atom. The summed E-state index contributed by atoms with van der Waals surface area (Å²) in [7, 11) is 0. The average Bonchev–Trinajstić information content (AvgIpc) is 3.20. The molecule has 0 atom stereocenters. The molecule has 8 nitrogen and oxygen atoms in total. The van der Waals surface area contributed by atoms with E-state index < -0.39 is 5.69 Å². The molecule has 2 amide bonds. The summed E-state index contributed by atoms with van der Waals surface area (Å²) in [6.45, 7) is 3.57. The van der Waals surface area contributed by atoms with Crippen LogP contribution in [0.25, 0.3) is 6.08 Å². The van der Waals surface area contributed by atoms with Crippen LogP contribution in [-0.2, 0) is 4.79 Å². The van der Waals surface area contributed by atoms with Crippen molar-refractivity contribution >= 4 is 17.9 Å². The third-order valence-corrected chi connectivity index (χ3v) is 3.86. The number of aromatic amines is 2. The second kappa shape index (κ2) is 6.61. The third-order valence-electron chi connectivity index (χ3n) is 3.86. The molecule has 3 rings (SSSR count). The van der Waals surface area contributed by atoms with E-state index in [-0.39, 0.29) is 17.5 Å². The standard InChI is InChI=1S/C16H18N4O4/c1-11-2-3-12(24-11)4-5-14(21)19-6-8-20(9-7-19)15(22)13-10-17-16(23)18-13/h2-5,10H,6-9H2,1H3,(H2,17,18,23). The van der Waals surface area contributed by atoms with E-state index in [4.69, 9.17) is 4.42 Å². The summed E-state index contributed by atoms with van der Waals surface area (Å²) in [5, 5.41) is 0. The number of hydrogen-bond acceptors (Lipinski definition) is 4. The summed E-state index contributed by atoms with van der Waals surface area (Å²) in [6.07, 6.45) is 4.47. The van der Waals surface area contributed by atoms with Crippen molar-refractivity contribution in [3.05, 3.63) is 52.1 Å². The van der Waals surface area contributed by atoms with E-state index in [0.29, 0.717) is 31.9 Å². The van der Waals surface area contributed by atoms with Gasteiger partial charge in [-0.05, 0) is 25.1 Å². The fraction of sp³-hybridized carbons (Fsp3) is 0.312. The van der Waals surface area contributed by atoms with Crippen molar-refractivity contribution in [1.82, 2.24) is 19.8 Å². The molecule has 0 bridgehead atoms. The predicted molar refractivity (Wildman–Crippen MR) is 86.4 cm³/mol. The Balaban J connectivity index is 1.54. The molecule has 0 saturated carbocycles. The van der Waals surface area contributed by atoms with Crippen LogP contribution >= 0.6 is 0 Å². The predicted octanol–water partition coefficient (Wildman–Crippen LogP) is 0.602. The van der Waals surface area contributed by atoms with Crippen LogP contribution in [0.15, 0.2) is 33.6 Å². The summed E-state index contributed by atoms with van der Waals surface area (Å²) in [6, 6.07) is 3.63. The molecule has 2 aromatic heterocycles. The Hall–Kier alpha value is -3.03. The van der Waals surface area contributed by atoms with Crippen LogP contribution in [0.2, 0.25) is 0 Å². The molecule has 3 heterocycles. The number of nitrogens with zero attached hydrogens (tertiary/aromatic N) is 2. The number of amides is 2. The second-order valence-electron chi connectivity index (χ2n) is 5.56. The fourth-order valence-corrected chi connectivity index (χ4v) is 2.55. The van der Waals surface area contributed by atoms with Crippen LogP contribution in [-0.4, -0.2) is 57.8 Å². The Morgan fingerprint density at radius 2 is 1.88 bits per heavy atom. The zero-order valence-corrected chi connectivity index (χ0v) is 13.2. The van der Waals surface area contributed by atoms with Gasteiger partial charge in [-0.25, -0.2) is 4.79 Å².